The topological polar surface area (TPSA) is 116 Å². The number of hydrogen-bond acceptors (Lipinski definition) is 7. The molecule has 4 N–H and O–H groups in total. The van der Waals surface area contributed by atoms with Crippen LogP contribution in [0, 0.1) is 4.64 Å². The number of H-pyrrole nitrogens is 1. The fraction of sp³-hybridized carbons (Fsp3) is 0.500. The third kappa shape index (κ3) is 1.95. The molecule has 3 heterocycles. The quantitative estimate of drug-likeness (QED) is 0.501. The second-order valence-corrected chi connectivity index (χ2v) is 4.72. The summed E-state index contributed by atoms with van der Waals surface area (Å²) in [5.41, 5.74) is 1.02. The zero-order chi connectivity index (χ0) is 13.6. The molecule has 2 aromatic rings. The van der Waals surface area contributed by atoms with Crippen molar-refractivity contribution in [2.75, 3.05) is 6.61 Å². The minimum Gasteiger partial charge on any atom is -0.388 e. The van der Waals surface area contributed by atoms with Gasteiger partial charge in [-0.2, -0.15) is 0 Å². The first-order valence-corrected chi connectivity index (χ1v) is 6.06. The van der Waals surface area contributed by atoms with Crippen LogP contribution in [-0.4, -0.2) is 59.8 Å². The molecule has 0 aliphatic carbocycles. The van der Waals surface area contributed by atoms with Crippen LogP contribution in [0.3, 0.4) is 0 Å². The van der Waals surface area contributed by atoms with E-state index in [0.717, 1.165) is 0 Å². The van der Waals surface area contributed by atoms with Gasteiger partial charge in [-0.3, -0.25) is 4.57 Å². The van der Waals surface area contributed by atoms with Crippen LogP contribution >= 0.6 is 12.2 Å². The minimum absolute atomic E-state index is 0.0750. The van der Waals surface area contributed by atoms with Crippen molar-refractivity contribution in [3.8, 4) is 0 Å². The number of hydrogen-bond donors (Lipinski definition) is 4. The van der Waals surface area contributed by atoms with E-state index in [9.17, 15) is 15.3 Å². The van der Waals surface area contributed by atoms with Gasteiger partial charge in [0.1, 0.15) is 29.5 Å². The molecule has 0 aromatic carbocycles. The van der Waals surface area contributed by atoms with Gasteiger partial charge in [0.05, 0.1) is 19.3 Å². The number of fused-ring (bicyclic) bond motifs is 1. The van der Waals surface area contributed by atoms with E-state index in [-0.39, 0.29) is 6.61 Å². The van der Waals surface area contributed by atoms with Crippen molar-refractivity contribution in [2.45, 2.75) is 24.5 Å². The van der Waals surface area contributed by atoms with Crippen LogP contribution in [-0.2, 0) is 4.74 Å². The van der Waals surface area contributed by atoms with Gasteiger partial charge in [-0.1, -0.05) is 12.2 Å². The second-order valence-electron chi connectivity index (χ2n) is 4.33. The summed E-state index contributed by atoms with van der Waals surface area (Å²) in [6.07, 6.45) is -1.64. The van der Waals surface area contributed by atoms with Gasteiger partial charge < -0.3 is 25.0 Å². The molecule has 0 unspecified atom stereocenters. The van der Waals surface area contributed by atoms with Crippen LogP contribution in [0.5, 0.6) is 0 Å². The molecule has 1 aliphatic heterocycles. The predicted octanol–water partition coefficient (Wildman–Crippen LogP) is -0.900. The highest BCUT2D eigenvalue weighted by molar-refractivity contribution is 7.71. The number of nitrogens with one attached hydrogen (secondary N) is 1. The predicted molar refractivity (Wildman–Crippen MR) is 65.7 cm³/mol. The molecule has 1 saturated heterocycles. The molecule has 3 rings (SSSR count). The summed E-state index contributed by atoms with van der Waals surface area (Å²) in [6, 6.07) is 0. The van der Waals surface area contributed by atoms with Crippen LogP contribution < -0.4 is 0 Å². The number of aromatic nitrogens is 4. The lowest BCUT2D eigenvalue weighted by molar-refractivity contribution is -0.210. The summed E-state index contributed by atoms with van der Waals surface area (Å²) in [5.74, 6) is 0. The molecule has 1 fully saturated rings. The monoisotopic (exact) mass is 284 g/mol. The zero-order valence-electron chi connectivity index (χ0n) is 9.67. The molecular weight excluding hydrogens is 272 g/mol. The summed E-state index contributed by atoms with van der Waals surface area (Å²) in [6.45, 7) is -0.0750. The van der Waals surface area contributed by atoms with E-state index in [0.29, 0.717) is 15.8 Å². The Hall–Kier alpha value is -1.39. The van der Waals surface area contributed by atoms with Gasteiger partial charge >= 0.3 is 0 Å². The highest BCUT2D eigenvalue weighted by Crippen LogP contribution is 2.26. The lowest BCUT2D eigenvalue weighted by Crippen LogP contribution is -2.50. The third-order valence-electron chi connectivity index (χ3n) is 3.13. The van der Waals surface area contributed by atoms with Crippen LogP contribution in [0.1, 0.15) is 6.23 Å². The lowest BCUT2D eigenvalue weighted by atomic mass is 10.0. The number of imidazole rings is 1. The molecule has 19 heavy (non-hydrogen) atoms. The largest absolute Gasteiger partial charge is 0.388 e. The molecule has 0 amide bonds. The molecule has 1 aliphatic rings. The first kappa shape index (κ1) is 12.6. The van der Waals surface area contributed by atoms with Gasteiger partial charge in [0.25, 0.3) is 0 Å². The highest BCUT2D eigenvalue weighted by Gasteiger charge is 2.39. The molecule has 0 bridgehead atoms. The maximum absolute atomic E-state index is 9.97. The van der Waals surface area contributed by atoms with Crippen molar-refractivity contribution in [1.29, 1.82) is 0 Å². The molecule has 0 radical (unpaired) electrons. The van der Waals surface area contributed by atoms with Gasteiger partial charge in [0, 0.05) is 0 Å². The Balaban J connectivity index is 2.05. The zero-order valence-corrected chi connectivity index (χ0v) is 10.5. The van der Waals surface area contributed by atoms with Crippen molar-refractivity contribution in [1.82, 2.24) is 19.5 Å². The molecule has 9 heteroatoms. The molecule has 2 aromatic heterocycles. The van der Waals surface area contributed by atoms with Gasteiger partial charge in [0.15, 0.2) is 10.9 Å². The molecule has 8 nitrogen and oxygen atoms in total. The molecule has 4 atom stereocenters. The van der Waals surface area contributed by atoms with E-state index >= 15 is 0 Å². The Morgan fingerprint density at radius 1 is 1.32 bits per heavy atom. The van der Waals surface area contributed by atoms with E-state index in [4.69, 9.17) is 17.0 Å². The number of ether oxygens (including phenoxy) is 1. The number of aliphatic hydroxyl groups excluding tert-OH is 3. The number of aromatic amines is 1. The fourth-order valence-corrected chi connectivity index (χ4v) is 2.30. The SMILES string of the molecule is O[C@@H]1[C@H](O)[C@H](O)CO[C@H]1n1cnc2c(=S)nc[nH]c21. The average molecular weight is 284 g/mol. The Bertz CT molecular complexity index is 656. The summed E-state index contributed by atoms with van der Waals surface area (Å²) in [5, 5.41) is 29.1. The maximum Gasteiger partial charge on any atom is 0.165 e. The lowest BCUT2D eigenvalue weighted by Gasteiger charge is -2.35. The Kier molecular flexibility index (Phi) is 3.07. The molecule has 0 spiro atoms. The van der Waals surface area contributed by atoms with E-state index < -0.39 is 24.5 Å². The van der Waals surface area contributed by atoms with Gasteiger partial charge in [-0.15, -0.1) is 0 Å². The summed E-state index contributed by atoms with van der Waals surface area (Å²) in [7, 11) is 0. The van der Waals surface area contributed by atoms with Crippen molar-refractivity contribution >= 4 is 23.4 Å². The average Bonchev–Trinajstić information content (AvgIpc) is 2.82. The molecule has 102 valence electrons. The van der Waals surface area contributed by atoms with Gasteiger partial charge in [-0.05, 0) is 0 Å². The summed E-state index contributed by atoms with van der Waals surface area (Å²) >= 11 is 5.04. The normalized spacial score (nSPS) is 31.7. The molecule has 0 saturated carbocycles. The third-order valence-corrected chi connectivity index (χ3v) is 3.43. The van der Waals surface area contributed by atoms with Crippen LogP contribution in [0.25, 0.3) is 11.2 Å². The standard InChI is InChI=1S/C10H12N4O4S/c15-4-1-18-10(7(17)6(4)16)14-3-13-5-8(14)11-2-12-9(5)19/h2-4,6-7,10,15-17H,1H2,(H,11,12,19)/t4-,6-,7-,10-/m1/s1. The highest BCUT2D eigenvalue weighted by atomic mass is 32.1. The Morgan fingerprint density at radius 2 is 2.11 bits per heavy atom. The Morgan fingerprint density at radius 3 is 2.89 bits per heavy atom. The smallest absolute Gasteiger partial charge is 0.165 e. The van der Waals surface area contributed by atoms with E-state index in [1.165, 1.54) is 17.2 Å². The Labute approximate surface area is 112 Å². The van der Waals surface area contributed by atoms with E-state index in [2.05, 4.69) is 15.0 Å². The van der Waals surface area contributed by atoms with Crippen LogP contribution in [0.2, 0.25) is 0 Å². The van der Waals surface area contributed by atoms with Gasteiger partial charge in [0.2, 0.25) is 0 Å². The van der Waals surface area contributed by atoms with Crippen LogP contribution in [0.15, 0.2) is 12.7 Å². The molecular formula is C10H12N4O4S. The van der Waals surface area contributed by atoms with E-state index in [1.54, 1.807) is 0 Å². The number of rotatable bonds is 1. The van der Waals surface area contributed by atoms with E-state index in [1.807, 2.05) is 0 Å². The van der Waals surface area contributed by atoms with Crippen molar-refractivity contribution in [3.05, 3.63) is 17.3 Å². The summed E-state index contributed by atoms with van der Waals surface area (Å²) in [4.78, 5) is 10.9. The maximum atomic E-state index is 9.97. The number of aliphatic hydroxyl groups is 3. The summed E-state index contributed by atoms with van der Waals surface area (Å²) < 4.78 is 7.21. The number of nitrogens with zero attached hydrogens (tertiary/aromatic N) is 3. The minimum atomic E-state index is -1.28. The van der Waals surface area contributed by atoms with Crippen molar-refractivity contribution in [2.24, 2.45) is 0 Å². The van der Waals surface area contributed by atoms with Gasteiger partial charge in [-0.25, -0.2) is 9.97 Å². The second kappa shape index (κ2) is 4.62. The van der Waals surface area contributed by atoms with Crippen molar-refractivity contribution < 1.29 is 20.1 Å². The first-order chi connectivity index (χ1) is 9.09. The first-order valence-electron chi connectivity index (χ1n) is 5.65. The van der Waals surface area contributed by atoms with Crippen LogP contribution in [0.4, 0.5) is 0 Å². The van der Waals surface area contributed by atoms with Crippen molar-refractivity contribution in [3.63, 3.8) is 0 Å². The fourth-order valence-electron chi connectivity index (χ4n) is 2.10.